The monoisotopic (exact) mass is 639 g/mol. The molecule has 8 nitrogen and oxygen atoms in total. The SMILES string of the molecule is CCCCOC(=O)c1ccc(NC(=O)C(C)Sc2cccc(NC(=O)/C(=C/c3ccc(F)cc3)NC(=O)c3ccccc3)c2)cc1. The summed E-state index contributed by atoms with van der Waals surface area (Å²) in [5, 5.41) is 7.80. The average Bonchev–Trinajstić information content (AvgIpc) is 3.06. The molecule has 1 atom stereocenters. The number of esters is 1. The molecule has 0 bridgehead atoms. The van der Waals surface area contributed by atoms with Gasteiger partial charge in [-0.15, -0.1) is 11.8 Å². The van der Waals surface area contributed by atoms with Crippen molar-refractivity contribution in [3.8, 4) is 0 Å². The topological polar surface area (TPSA) is 114 Å². The summed E-state index contributed by atoms with van der Waals surface area (Å²) in [5.74, 6) is -2.13. The normalized spacial score (nSPS) is 11.7. The van der Waals surface area contributed by atoms with E-state index in [1.54, 1.807) is 79.7 Å². The van der Waals surface area contributed by atoms with E-state index in [1.165, 1.54) is 42.1 Å². The molecule has 0 aliphatic rings. The fourth-order valence-corrected chi connectivity index (χ4v) is 5.02. The van der Waals surface area contributed by atoms with E-state index >= 15 is 0 Å². The maximum absolute atomic E-state index is 13.5. The molecule has 10 heteroatoms. The van der Waals surface area contributed by atoms with E-state index in [9.17, 15) is 23.6 Å². The average molecular weight is 640 g/mol. The summed E-state index contributed by atoms with van der Waals surface area (Å²) < 4.78 is 18.7. The van der Waals surface area contributed by atoms with E-state index in [2.05, 4.69) is 16.0 Å². The zero-order valence-electron chi connectivity index (χ0n) is 25.4. The van der Waals surface area contributed by atoms with Crippen molar-refractivity contribution in [2.24, 2.45) is 0 Å². The Hall–Kier alpha value is -5.22. The number of nitrogens with one attached hydrogen (secondary N) is 3. The molecule has 0 aliphatic carbocycles. The molecule has 46 heavy (non-hydrogen) atoms. The fraction of sp³-hybridized carbons (Fsp3) is 0.167. The Morgan fingerprint density at radius 3 is 2.24 bits per heavy atom. The van der Waals surface area contributed by atoms with Gasteiger partial charge in [-0.05, 0) is 91.7 Å². The van der Waals surface area contributed by atoms with Crippen LogP contribution in [0.5, 0.6) is 0 Å². The van der Waals surface area contributed by atoms with Crippen molar-refractivity contribution in [2.45, 2.75) is 36.8 Å². The van der Waals surface area contributed by atoms with Gasteiger partial charge in [0.15, 0.2) is 0 Å². The molecule has 4 rings (SSSR count). The molecule has 0 aromatic heterocycles. The smallest absolute Gasteiger partial charge is 0.338 e. The number of hydrogen-bond acceptors (Lipinski definition) is 6. The number of thioether (sulfide) groups is 1. The highest BCUT2D eigenvalue weighted by molar-refractivity contribution is 8.00. The number of anilines is 2. The number of halogens is 1. The number of unbranched alkanes of at least 4 members (excludes halogenated alkanes) is 1. The molecular weight excluding hydrogens is 605 g/mol. The van der Waals surface area contributed by atoms with Crippen molar-refractivity contribution >= 4 is 52.9 Å². The van der Waals surface area contributed by atoms with Gasteiger partial charge in [0, 0.05) is 21.8 Å². The van der Waals surface area contributed by atoms with Gasteiger partial charge in [-0.3, -0.25) is 14.4 Å². The second-order valence-electron chi connectivity index (χ2n) is 10.2. The zero-order valence-corrected chi connectivity index (χ0v) is 26.2. The van der Waals surface area contributed by atoms with Gasteiger partial charge < -0.3 is 20.7 Å². The molecule has 0 aliphatic heterocycles. The van der Waals surface area contributed by atoms with Crippen LogP contribution in [0.15, 0.2) is 114 Å². The van der Waals surface area contributed by atoms with Gasteiger partial charge in [-0.25, -0.2) is 9.18 Å². The molecule has 236 valence electrons. The molecule has 0 saturated carbocycles. The highest BCUT2D eigenvalue weighted by atomic mass is 32.2. The first-order valence-corrected chi connectivity index (χ1v) is 15.6. The van der Waals surface area contributed by atoms with Crippen molar-refractivity contribution in [2.75, 3.05) is 17.2 Å². The number of carbonyl (C=O) groups excluding carboxylic acids is 4. The highest BCUT2D eigenvalue weighted by Gasteiger charge is 2.18. The lowest BCUT2D eigenvalue weighted by atomic mass is 10.1. The maximum atomic E-state index is 13.5. The van der Waals surface area contributed by atoms with Crippen LogP contribution in [0.1, 0.15) is 53.0 Å². The summed E-state index contributed by atoms with van der Waals surface area (Å²) in [7, 11) is 0. The summed E-state index contributed by atoms with van der Waals surface area (Å²) >= 11 is 1.29. The molecule has 4 aromatic rings. The maximum Gasteiger partial charge on any atom is 0.338 e. The number of hydrogen-bond donors (Lipinski definition) is 3. The number of amides is 3. The summed E-state index contributed by atoms with van der Waals surface area (Å²) in [6, 6.07) is 27.5. The summed E-state index contributed by atoms with van der Waals surface area (Å²) in [6.45, 7) is 4.14. The first-order valence-electron chi connectivity index (χ1n) is 14.7. The van der Waals surface area contributed by atoms with Crippen LogP contribution in [0.25, 0.3) is 6.08 Å². The highest BCUT2D eigenvalue weighted by Crippen LogP contribution is 2.27. The number of rotatable bonds is 13. The van der Waals surface area contributed by atoms with Crippen molar-refractivity contribution in [1.29, 1.82) is 0 Å². The van der Waals surface area contributed by atoms with Crippen LogP contribution >= 0.6 is 11.8 Å². The second kappa shape index (κ2) is 16.7. The molecule has 0 fully saturated rings. The van der Waals surface area contributed by atoms with Crippen LogP contribution in [-0.4, -0.2) is 35.5 Å². The lowest BCUT2D eigenvalue weighted by Gasteiger charge is -2.14. The molecule has 0 saturated heterocycles. The Labute approximate surface area is 271 Å². The minimum atomic E-state index is -0.584. The van der Waals surface area contributed by atoms with Gasteiger partial charge in [-0.2, -0.15) is 0 Å². The summed E-state index contributed by atoms with van der Waals surface area (Å²) in [4.78, 5) is 52.0. The van der Waals surface area contributed by atoms with Crippen LogP contribution in [-0.2, 0) is 14.3 Å². The van der Waals surface area contributed by atoms with Crippen LogP contribution in [0.2, 0.25) is 0 Å². The molecule has 0 radical (unpaired) electrons. The lowest BCUT2D eigenvalue weighted by molar-refractivity contribution is -0.115. The number of ether oxygens (including phenoxy) is 1. The minimum absolute atomic E-state index is 0.0356. The predicted octanol–water partition coefficient (Wildman–Crippen LogP) is 7.31. The number of benzene rings is 4. The Morgan fingerprint density at radius 1 is 0.826 bits per heavy atom. The van der Waals surface area contributed by atoms with Gasteiger partial charge in [0.05, 0.1) is 17.4 Å². The zero-order chi connectivity index (χ0) is 32.9. The van der Waals surface area contributed by atoms with Crippen LogP contribution in [0.4, 0.5) is 15.8 Å². The van der Waals surface area contributed by atoms with Crippen LogP contribution in [0.3, 0.4) is 0 Å². The van der Waals surface area contributed by atoms with Gasteiger partial charge >= 0.3 is 5.97 Å². The van der Waals surface area contributed by atoms with E-state index in [1.807, 2.05) is 13.0 Å². The van der Waals surface area contributed by atoms with Gasteiger partial charge in [0.1, 0.15) is 11.5 Å². The fourth-order valence-electron chi connectivity index (χ4n) is 4.10. The third-order valence-corrected chi connectivity index (χ3v) is 7.70. The van der Waals surface area contributed by atoms with Gasteiger partial charge in [0.25, 0.3) is 11.8 Å². The van der Waals surface area contributed by atoms with Crippen molar-refractivity contribution < 1.29 is 28.3 Å². The molecule has 0 heterocycles. The van der Waals surface area contributed by atoms with E-state index in [-0.39, 0.29) is 11.6 Å². The molecule has 1 unspecified atom stereocenters. The lowest BCUT2D eigenvalue weighted by Crippen LogP contribution is -2.30. The Kier molecular flexibility index (Phi) is 12.3. The third kappa shape index (κ3) is 10.2. The molecule has 3 N–H and O–H groups in total. The molecular formula is C36H34FN3O5S. The second-order valence-corrected chi connectivity index (χ2v) is 11.6. The quantitative estimate of drug-likeness (QED) is 0.0612. The van der Waals surface area contributed by atoms with E-state index in [0.717, 1.165) is 17.7 Å². The Morgan fingerprint density at radius 2 is 1.54 bits per heavy atom. The van der Waals surface area contributed by atoms with Gasteiger partial charge in [-0.1, -0.05) is 49.7 Å². The first-order chi connectivity index (χ1) is 22.2. The standard InChI is InChI=1S/C36H34FN3O5S/c1-3-4-21-45-36(44)27-15-19-29(20-16-27)38-33(41)24(2)46-31-12-8-11-30(23-31)39-35(43)32(22-25-13-17-28(37)18-14-25)40-34(42)26-9-6-5-7-10-26/h5-20,22-24H,3-4,21H2,1-2H3,(H,38,41)(H,39,43)(H,40,42)/b32-22-. The largest absolute Gasteiger partial charge is 0.462 e. The van der Waals surface area contributed by atoms with Crippen molar-refractivity contribution in [3.05, 3.63) is 131 Å². The summed E-state index contributed by atoms with van der Waals surface area (Å²) in [6.07, 6.45) is 3.19. The van der Waals surface area contributed by atoms with Gasteiger partial charge in [0.2, 0.25) is 5.91 Å². The third-order valence-electron chi connectivity index (χ3n) is 6.60. The van der Waals surface area contributed by atoms with E-state index in [0.29, 0.717) is 34.7 Å². The summed E-state index contributed by atoms with van der Waals surface area (Å²) in [5.41, 5.74) is 2.25. The Bertz CT molecular complexity index is 1690. The number of carbonyl (C=O) groups is 4. The van der Waals surface area contributed by atoms with E-state index < -0.39 is 28.9 Å². The molecule has 4 aromatic carbocycles. The van der Waals surface area contributed by atoms with E-state index in [4.69, 9.17) is 4.74 Å². The first kappa shape index (κ1) is 33.7. The van der Waals surface area contributed by atoms with Crippen molar-refractivity contribution in [3.63, 3.8) is 0 Å². The van der Waals surface area contributed by atoms with Crippen molar-refractivity contribution in [1.82, 2.24) is 5.32 Å². The van der Waals surface area contributed by atoms with Crippen LogP contribution < -0.4 is 16.0 Å². The molecule has 0 spiro atoms. The minimum Gasteiger partial charge on any atom is -0.462 e. The molecule has 3 amide bonds. The Balaban J connectivity index is 1.40. The predicted molar refractivity (Wildman–Crippen MR) is 179 cm³/mol. The van der Waals surface area contributed by atoms with Crippen LogP contribution in [0, 0.1) is 5.82 Å².